The van der Waals surface area contributed by atoms with Crippen molar-refractivity contribution in [1.29, 1.82) is 0 Å². The molecule has 0 aliphatic rings. The Morgan fingerprint density at radius 1 is 1.80 bits per heavy atom. The van der Waals surface area contributed by atoms with Crippen molar-refractivity contribution in [1.82, 2.24) is 9.97 Å². The fourth-order valence-electron chi connectivity index (χ4n) is 0.394. The Kier molecular flexibility index (Phi) is 0.643. The topological polar surface area (TPSA) is 29.0 Å². The molecule has 0 atom stereocenters. The minimum atomic E-state index is -2.99. The van der Waals surface area contributed by atoms with E-state index in [-0.39, 0.29) is 9.37 Å². The van der Waals surface area contributed by atoms with Crippen molar-refractivity contribution < 1.29 is 11.0 Å². The first-order valence-corrected chi connectivity index (χ1v) is 3.05. The highest BCUT2D eigenvalue weighted by Crippen LogP contribution is 2.18. The summed E-state index contributed by atoms with van der Waals surface area (Å²) in [4.78, 5) is 6.92. The third kappa shape index (κ3) is 1.44. The Bertz CT molecular complexity index is 441. The van der Waals surface area contributed by atoms with Crippen LogP contribution in [0.25, 0.3) is 0 Å². The van der Waals surface area contributed by atoms with Gasteiger partial charge >= 0.3 is 0 Å². The van der Waals surface area contributed by atoms with Crippen molar-refractivity contribution in [2.24, 2.45) is 0 Å². The van der Waals surface area contributed by atoms with Crippen LogP contribution in [0, 0.1) is 0 Å². The van der Waals surface area contributed by atoms with Gasteiger partial charge in [0.15, 0.2) is 0 Å². The highest BCUT2D eigenvalue weighted by Gasteiger charge is 2.00. The van der Waals surface area contributed by atoms with Gasteiger partial charge in [-0.3, -0.25) is 0 Å². The molecule has 0 saturated carbocycles. The quantitative estimate of drug-likeness (QED) is 0.699. The summed E-state index contributed by atoms with van der Waals surface area (Å²) in [5.74, 6) is -0.528. The van der Waals surface area contributed by atoms with E-state index in [0.717, 1.165) is 0 Å². The maximum Gasteiger partial charge on any atom is 0.145 e. The zero-order valence-corrected chi connectivity index (χ0v) is 6.31. The van der Waals surface area contributed by atoms with Gasteiger partial charge in [0.1, 0.15) is 13.5 Å². The number of aromatic nitrogens is 2. The van der Waals surface area contributed by atoms with E-state index in [2.05, 4.69) is 25.9 Å². The maximum atomic E-state index is 7.39. The lowest BCUT2D eigenvalue weighted by atomic mass is 10.5. The molecule has 1 heterocycles. The largest absolute Gasteiger partial charge is 0.362 e. The molecule has 0 radical (unpaired) electrons. The molecule has 3 nitrogen and oxygen atoms in total. The smallest absolute Gasteiger partial charge is 0.145 e. The molecule has 4 heteroatoms. The predicted octanol–water partition coefficient (Wildman–Crippen LogP) is 1.31. The van der Waals surface area contributed by atoms with Gasteiger partial charge in [0.05, 0.1) is 5.84 Å². The minimum Gasteiger partial charge on any atom is -0.362 e. The van der Waals surface area contributed by atoms with Crippen molar-refractivity contribution in [3.8, 4) is 0 Å². The molecule has 1 rings (SSSR count). The molecule has 10 heavy (non-hydrogen) atoms. The van der Waals surface area contributed by atoms with E-state index in [9.17, 15) is 0 Å². The number of hydrogen-bond acceptors (Lipinski definition) is 3. The summed E-state index contributed by atoms with van der Waals surface area (Å²) in [5, 5.41) is 0. The zero-order valence-electron chi connectivity index (χ0n) is 12.7. The molecule has 54 valence electrons. The van der Waals surface area contributed by atoms with Gasteiger partial charge < -0.3 is 4.90 Å². The first-order valence-electron chi connectivity index (χ1n) is 6.25. The standard InChI is InChI=1S/C6H8BrN3/c1-10(2)6-5(7)3-8-4-9-6/h3-4H,1-2H3/i1D3,2D3,3D,4D. The van der Waals surface area contributed by atoms with Crippen LogP contribution in [-0.2, 0) is 0 Å². The molecule has 0 fully saturated rings. The Morgan fingerprint density at radius 2 is 2.60 bits per heavy atom. The van der Waals surface area contributed by atoms with Crippen LogP contribution in [0.3, 0.4) is 0 Å². The number of rotatable bonds is 1. The lowest BCUT2D eigenvalue weighted by Gasteiger charge is -2.11. The van der Waals surface area contributed by atoms with Gasteiger partial charge in [-0.25, -0.2) is 9.97 Å². The zero-order chi connectivity index (χ0) is 14.3. The molecule has 0 spiro atoms. The van der Waals surface area contributed by atoms with Crippen LogP contribution < -0.4 is 4.90 Å². The average molecular weight is 210 g/mol. The molecule has 0 unspecified atom stereocenters. The summed E-state index contributed by atoms with van der Waals surface area (Å²) in [6, 6.07) is 0. The summed E-state index contributed by atoms with van der Waals surface area (Å²) in [6.45, 7) is -5.97. The molecule has 0 aliphatic carbocycles. The second kappa shape index (κ2) is 2.96. The first-order chi connectivity index (χ1) is 7.94. The van der Waals surface area contributed by atoms with E-state index >= 15 is 0 Å². The minimum absolute atomic E-state index is 0.0991. The van der Waals surface area contributed by atoms with Crippen molar-refractivity contribution >= 4 is 21.7 Å². The van der Waals surface area contributed by atoms with Crippen molar-refractivity contribution in [2.45, 2.75) is 0 Å². The molecule has 1 aromatic heterocycles. The summed E-state index contributed by atoms with van der Waals surface area (Å²) in [6.07, 6.45) is -1.08. The lowest BCUT2D eigenvalue weighted by Crippen LogP contribution is -2.11. The van der Waals surface area contributed by atoms with E-state index < -0.39 is 32.2 Å². The van der Waals surface area contributed by atoms with Gasteiger partial charge in [-0.15, -0.1) is 0 Å². The second-order valence-corrected chi connectivity index (χ2v) is 2.20. The summed E-state index contributed by atoms with van der Waals surface area (Å²) < 4.78 is 57.7. The average Bonchev–Trinajstić information content (AvgIpc) is 2.08. The number of halogens is 1. The number of hydrogen-bond donors (Lipinski definition) is 0. The highest BCUT2D eigenvalue weighted by molar-refractivity contribution is 9.10. The summed E-state index contributed by atoms with van der Waals surface area (Å²) in [5.41, 5.74) is 0. The third-order valence-electron chi connectivity index (χ3n) is 0.768. The first kappa shape index (κ1) is 2.17. The van der Waals surface area contributed by atoms with Gasteiger partial charge in [0, 0.05) is 28.3 Å². The van der Waals surface area contributed by atoms with Crippen molar-refractivity contribution in [3.05, 3.63) is 16.9 Å². The van der Waals surface area contributed by atoms with E-state index in [1.807, 2.05) is 0 Å². The van der Waals surface area contributed by atoms with Gasteiger partial charge in [0.25, 0.3) is 0 Å². The fourth-order valence-corrected chi connectivity index (χ4v) is 0.748. The SMILES string of the molecule is [2H]c1nc([2H])c(Br)c(N(C([2H])([2H])[2H])C([2H])([2H])[2H])n1. The van der Waals surface area contributed by atoms with E-state index in [4.69, 9.17) is 11.0 Å². The highest BCUT2D eigenvalue weighted by atomic mass is 79.9. The van der Waals surface area contributed by atoms with Gasteiger partial charge in [0.2, 0.25) is 0 Å². The molecule has 0 amide bonds. The molecule has 0 aromatic carbocycles. The molecule has 0 saturated heterocycles. The van der Waals surface area contributed by atoms with Crippen molar-refractivity contribution in [3.63, 3.8) is 0 Å². The molecule has 0 N–H and O–H groups in total. The van der Waals surface area contributed by atoms with Crippen LogP contribution in [0.15, 0.2) is 16.9 Å². The molecule has 0 aliphatic heterocycles. The molecular weight excluding hydrogens is 194 g/mol. The Hall–Kier alpha value is -0.640. The Balaban J connectivity index is 3.49. The summed E-state index contributed by atoms with van der Waals surface area (Å²) >= 11 is 2.86. The van der Waals surface area contributed by atoms with Crippen LogP contribution in [0.1, 0.15) is 11.0 Å². The van der Waals surface area contributed by atoms with E-state index in [0.29, 0.717) is 0 Å². The Morgan fingerprint density at radius 3 is 3.30 bits per heavy atom. The number of nitrogens with zero attached hydrogens (tertiary/aromatic N) is 3. The van der Waals surface area contributed by atoms with Crippen LogP contribution in [0.4, 0.5) is 5.82 Å². The Labute approximate surface area is 79.5 Å². The van der Waals surface area contributed by atoms with Crippen LogP contribution in [0.2, 0.25) is 0 Å². The van der Waals surface area contributed by atoms with E-state index in [1.54, 1.807) is 0 Å². The molecular formula is C6H8BrN3. The maximum absolute atomic E-state index is 7.39. The monoisotopic (exact) mass is 209 g/mol. The van der Waals surface area contributed by atoms with E-state index in [1.165, 1.54) is 0 Å². The van der Waals surface area contributed by atoms with Gasteiger partial charge in [-0.05, 0) is 15.9 Å². The number of anilines is 1. The van der Waals surface area contributed by atoms with Crippen LogP contribution >= 0.6 is 15.9 Å². The van der Waals surface area contributed by atoms with Gasteiger partial charge in [-0.2, -0.15) is 0 Å². The second-order valence-electron chi connectivity index (χ2n) is 1.41. The predicted molar refractivity (Wildman–Crippen MR) is 44.1 cm³/mol. The fraction of sp³-hybridized carbons (Fsp3) is 0.333. The molecule has 1 aromatic rings. The lowest BCUT2D eigenvalue weighted by molar-refractivity contribution is 1.03. The molecule has 0 bridgehead atoms. The van der Waals surface area contributed by atoms with Crippen LogP contribution in [-0.4, -0.2) is 23.9 Å². The third-order valence-corrected chi connectivity index (χ3v) is 1.30. The van der Waals surface area contributed by atoms with Crippen LogP contribution in [0.5, 0.6) is 0 Å². The van der Waals surface area contributed by atoms with Crippen molar-refractivity contribution in [2.75, 3.05) is 18.9 Å². The summed E-state index contributed by atoms with van der Waals surface area (Å²) in [7, 11) is 0. The van der Waals surface area contributed by atoms with Gasteiger partial charge in [-0.1, -0.05) is 0 Å². The normalized spacial score (nSPS) is 23.7.